The molecule has 0 amide bonds. The average molecular weight is 349 g/mol. The van der Waals surface area contributed by atoms with Gasteiger partial charge in [0.1, 0.15) is 5.82 Å². The highest BCUT2D eigenvalue weighted by Gasteiger charge is 2.25. The number of hydrogen-bond donors (Lipinski definition) is 1. The van der Waals surface area contributed by atoms with Crippen LogP contribution in [0, 0.1) is 6.92 Å². The predicted molar refractivity (Wildman–Crippen MR) is 105 cm³/mol. The Morgan fingerprint density at radius 1 is 1.12 bits per heavy atom. The molecular weight excluding hydrogens is 326 g/mol. The average Bonchev–Trinajstić information content (AvgIpc) is 3.10. The van der Waals surface area contributed by atoms with Crippen molar-refractivity contribution in [1.29, 1.82) is 0 Å². The Bertz CT molecular complexity index is 925. The van der Waals surface area contributed by atoms with E-state index < -0.39 is 0 Å². The van der Waals surface area contributed by atoms with Crippen LogP contribution in [0.25, 0.3) is 10.8 Å². The van der Waals surface area contributed by atoms with Crippen molar-refractivity contribution >= 4 is 28.4 Å². The van der Waals surface area contributed by atoms with Gasteiger partial charge in [-0.3, -0.25) is 0 Å². The fourth-order valence-corrected chi connectivity index (χ4v) is 3.38. The van der Waals surface area contributed by atoms with Gasteiger partial charge >= 0.3 is 0 Å². The molecule has 0 radical (unpaired) electrons. The molecule has 0 bridgehead atoms. The van der Waals surface area contributed by atoms with Gasteiger partial charge in [0, 0.05) is 50.2 Å². The summed E-state index contributed by atoms with van der Waals surface area (Å²) < 4.78 is 0. The molecule has 1 fully saturated rings. The first-order valence-corrected chi connectivity index (χ1v) is 8.85. The largest absolute Gasteiger partial charge is 0.365 e. The topological polar surface area (TPSA) is 70.1 Å². The van der Waals surface area contributed by atoms with E-state index in [1.165, 1.54) is 5.39 Å². The van der Waals surface area contributed by atoms with Crippen molar-refractivity contribution in [1.82, 2.24) is 20.2 Å². The van der Waals surface area contributed by atoms with Crippen molar-refractivity contribution in [3.63, 3.8) is 0 Å². The maximum Gasteiger partial charge on any atom is 0.226 e. The Hall–Kier alpha value is -2.96. The molecule has 0 aliphatic carbocycles. The lowest BCUT2D eigenvalue weighted by Crippen LogP contribution is -2.27. The number of aromatic nitrogens is 4. The summed E-state index contributed by atoms with van der Waals surface area (Å²) in [5, 5.41) is 14.7. The minimum atomic E-state index is 0.321. The van der Waals surface area contributed by atoms with Crippen molar-refractivity contribution in [2.24, 2.45) is 0 Å². The number of benzene rings is 1. The Balaban J connectivity index is 1.53. The molecule has 134 valence electrons. The summed E-state index contributed by atoms with van der Waals surface area (Å²) in [6.07, 6.45) is 2.82. The first kappa shape index (κ1) is 16.5. The van der Waals surface area contributed by atoms with E-state index in [-0.39, 0.29) is 0 Å². The highest BCUT2D eigenvalue weighted by Crippen LogP contribution is 2.28. The number of anilines is 3. The SMILES string of the molecule is Cc1nnc(N2CCC(Nc3ccnc(N(C)C)n3)C2)c2ccccc12. The minimum absolute atomic E-state index is 0.321. The van der Waals surface area contributed by atoms with Gasteiger partial charge in [0.25, 0.3) is 0 Å². The van der Waals surface area contributed by atoms with Gasteiger partial charge in [-0.25, -0.2) is 4.98 Å². The van der Waals surface area contributed by atoms with E-state index in [1.54, 1.807) is 6.20 Å². The van der Waals surface area contributed by atoms with Gasteiger partial charge in [0.2, 0.25) is 5.95 Å². The molecule has 3 aromatic rings. The number of fused-ring (bicyclic) bond motifs is 1. The summed E-state index contributed by atoms with van der Waals surface area (Å²) in [5.41, 5.74) is 0.968. The molecule has 4 rings (SSSR count). The molecule has 1 atom stereocenters. The van der Waals surface area contributed by atoms with E-state index in [1.807, 2.05) is 38.1 Å². The van der Waals surface area contributed by atoms with Gasteiger partial charge in [0.15, 0.2) is 5.82 Å². The molecule has 7 nitrogen and oxygen atoms in total. The molecule has 0 saturated carbocycles. The zero-order valence-electron chi connectivity index (χ0n) is 15.3. The lowest BCUT2D eigenvalue weighted by atomic mass is 10.1. The van der Waals surface area contributed by atoms with E-state index in [0.717, 1.165) is 42.2 Å². The van der Waals surface area contributed by atoms with Crippen LogP contribution in [0.15, 0.2) is 36.5 Å². The van der Waals surface area contributed by atoms with Gasteiger partial charge in [-0.05, 0) is 19.4 Å². The molecule has 0 spiro atoms. The Labute approximate surface area is 153 Å². The predicted octanol–water partition coefficient (Wildman–Crippen LogP) is 2.49. The van der Waals surface area contributed by atoms with E-state index >= 15 is 0 Å². The fourth-order valence-electron chi connectivity index (χ4n) is 3.38. The third-order valence-electron chi connectivity index (χ3n) is 4.74. The molecular formula is C19H23N7. The molecule has 1 aliphatic heterocycles. The van der Waals surface area contributed by atoms with Gasteiger partial charge in [-0.15, -0.1) is 5.10 Å². The lowest BCUT2D eigenvalue weighted by Gasteiger charge is -2.20. The highest BCUT2D eigenvalue weighted by molar-refractivity contribution is 5.93. The molecule has 3 heterocycles. The van der Waals surface area contributed by atoms with E-state index in [9.17, 15) is 0 Å². The quantitative estimate of drug-likeness (QED) is 0.776. The fraction of sp³-hybridized carbons (Fsp3) is 0.368. The normalized spacial score (nSPS) is 16.9. The van der Waals surface area contributed by atoms with E-state index in [4.69, 9.17) is 0 Å². The van der Waals surface area contributed by atoms with Crippen LogP contribution in [0.1, 0.15) is 12.1 Å². The van der Waals surface area contributed by atoms with Crippen molar-refractivity contribution < 1.29 is 0 Å². The number of nitrogens with one attached hydrogen (secondary N) is 1. The van der Waals surface area contributed by atoms with Crippen LogP contribution in [-0.4, -0.2) is 53.4 Å². The standard InChI is InChI=1S/C19H23N7/c1-13-15-6-4-5-7-16(15)18(24-23-13)26-11-9-14(12-26)21-17-8-10-20-19(22-17)25(2)3/h4-8,10,14H,9,11-12H2,1-3H3,(H,20,21,22). The van der Waals surface area contributed by atoms with E-state index in [2.05, 4.69) is 48.6 Å². The highest BCUT2D eigenvalue weighted by atomic mass is 15.3. The Morgan fingerprint density at radius 3 is 2.73 bits per heavy atom. The summed E-state index contributed by atoms with van der Waals surface area (Å²) >= 11 is 0. The third-order valence-corrected chi connectivity index (χ3v) is 4.74. The second-order valence-corrected chi connectivity index (χ2v) is 6.87. The molecule has 1 saturated heterocycles. The van der Waals surface area contributed by atoms with Crippen LogP contribution in [0.4, 0.5) is 17.6 Å². The summed E-state index contributed by atoms with van der Waals surface area (Å²) in [6, 6.07) is 10.6. The third kappa shape index (κ3) is 3.12. The first-order valence-electron chi connectivity index (χ1n) is 8.85. The van der Waals surface area contributed by atoms with Gasteiger partial charge in [-0.2, -0.15) is 10.1 Å². The van der Waals surface area contributed by atoms with Crippen LogP contribution in [-0.2, 0) is 0 Å². The van der Waals surface area contributed by atoms with Crippen molar-refractivity contribution in [2.75, 3.05) is 42.3 Å². The van der Waals surface area contributed by atoms with Gasteiger partial charge < -0.3 is 15.1 Å². The number of rotatable bonds is 4. The summed E-state index contributed by atoms with van der Waals surface area (Å²) in [6.45, 7) is 3.83. The van der Waals surface area contributed by atoms with Gasteiger partial charge in [-0.1, -0.05) is 24.3 Å². The number of aryl methyl sites for hydroxylation is 1. The second-order valence-electron chi connectivity index (χ2n) is 6.87. The monoisotopic (exact) mass is 349 g/mol. The van der Waals surface area contributed by atoms with Crippen molar-refractivity contribution in [2.45, 2.75) is 19.4 Å². The summed E-state index contributed by atoms with van der Waals surface area (Å²) in [5.74, 6) is 2.53. The van der Waals surface area contributed by atoms with Crippen LogP contribution in [0.3, 0.4) is 0 Å². The van der Waals surface area contributed by atoms with Crippen LogP contribution in [0.2, 0.25) is 0 Å². The van der Waals surface area contributed by atoms with Crippen molar-refractivity contribution in [3.8, 4) is 0 Å². The molecule has 26 heavy (non-hydrogen) atoms. The number of nitrogens with zero attached hydrogens (tertiary/aromatic N) is 6. The second kappa shape index (κ2) is 6.74. The summed E-state index contributed by atoms with van der Waals surface area (Å²) in [4.78, 5) is 13.0. The smallest absolute Gasteiger partial charge is 0.226 e. The maximum absolute atomic E-state index is 4.55. The molecule has 7 heteroatoms. The molecule has 1 aliphatic rings. The molecule has 1 aromatic carbocycles. The van der Waals surface area contributed by atoms with Crippen LogP contribution in [0.5, 0.6) is 0 Å². The van der Waals surface area contributed by atoms with Gasteiger partial charge in [0.05, 0.1) is 5.69 Å². The Kier molecular flexibility index (Phi) is 4.28. The molecule has 2 aromatic heterocycles. The minimum Gasteiger partial charge on any atom is -0.365 e. The number of hydrogen-bond acceptors (Lipinski definition) is 7. The Morgan fingerprint density at radius 2 is 1.92 bits per heavy atom. The first-order chi connectivity index (χ1) is 12.6. The summed E-state index contributed by atoms with van der Waals surface area (Å²) in [7, 11) is 3.88. The van der Waals surface area contributed by atoms with Crippen LogP contribution >= 0.6 is 0 Å². The van der Waals surface area contributed by atoms with Crippen LogP contribution < -0.4 is 15.1 Å². The molecule has 1 N–H and O–H groups in total. The maximum atomic E-state index is 4.55. The van der Waals surface area contributed by atoms with E-state index in [0.29, 0.717) is 12.0 Å². The lowest BCUT2D eigenvalue weighted by molar-refractivity contribution is 0.796. The van der Waals surface area contributed by atoms with Crippen molar-refractivity contribution in [3.05, 3.63) is 42.2 Å². The zero-order valence-corrected chi connectivity index (χ0v) is 15.3. The molecule has 1 unspecified atom stereocenters. The zero-order chi connectivity index (χ0) is 18.1.